The van der Waals surface area contributed by atoms with Gasteiger partial charge in [-0.15, -0.1) is 0 Å². The number of halogens is 2. The van der Waals surface area contributed by atoms with Crippen LogP contribution in [-0.2, 0) is 13.3 Å². The van der Waals surface area contributed by atoms with Crippen LogP contribution >= 0.6 is 0 Å². The second-order valence-electron chi connectivity index (χ2n) is 3.31. The molecule has 0 atom stereocenters. The third kappa shape index (κ3) is 1.63. The highest BCUT2D eigenvalue weighted by atomic mass is 19.1. The molecule has 2 N–H and O–H groups in total. The summed E-state index contributed by atoms with van der Waals surface area (Å²) >= 11 is 0. The number of aromatic nitrogens is 1. The minimum atomic E-state index is -0.715. The van der Waals surface area contributed by atoms with Gasteiger partial charge in [-0.1, -0.05) is 12.1 Å². The van der Waals surface area contributed by atoms with Gasteiger partial charge in [-0.2, -0.15) is 0 Å². The minimum absolute atomic E-state index is 0.315. The zero-order chi connectivity index (χ0) is 10.8. The Morgan fingerprint density at radius 3 is 2.67 bits per heavy atom. The predicted octanol–water partition coefficient (Wildman–Crippen LogP) is 2.76. The first-order chi connectivity index (χ1) is 7.26. The maximum Gasteiger partial charge on any atom is 0.117 e. The van der Waals surface area contributed by atoms with Crippen LogP contribution in [0.2, 0.25) is 0 Å². The van der Waals surface area contributed by atoms with Crippen molar-refractivity contribution >= 4 is 16.6 Å². The third-order valence-corrected chi connectivity index (χ3v) is 2.35. The third-order valence-electron chi connectivity index (χ3n) is 2.35. The van der Waals surface area contributed by atoms with Crippen molar-refractivity contribution in [1.29, 1.82) is 0 Å². The van der Waals surface area contributed by atoms with E-state index < -0.39 is 13.3 Å². The van der Waals surface area contributed by atoms with Crippen molar-refractivity contribution in [3.05, 3.63) is 35.5 Å². The molecule has 0 aliphatic carbocycles. The molecule has 78 valence electrons. The number of fused-ring (bicyclic) bond motifs is 1. The minimum Gasteiger partial charge on any atom is -0.397 e. The second kappa shape index (κ2) is 3.81. The Hall–Kier alpha value is -1.71. The summed E-state index contributed by atoms with van der Waals surface area (Å²) in [5.41, 5.74) is 7.22. The molecule has 0 saturated heterocycles. The molecule has 0 amide bonds. The smallest absolute Gasteiger partial charge is 0.117 e. The molecule has 0 aliphatic heterocycles. The van der Waals surface area contributed by atoms with Crippen LogP contribution in [0.4, 0.5) is 14.5 Å². The SMILES string of the molecule is Nc1cnc2c(CF)c(CF)ccc2c1. The Morgan fingerprint density at radius 2 is 2.00 bits per heavy atom. The fourth-order valence-corrected chi connectivity index (χ4v) is 1.60. The summed E-state index contributed by atoms with van der Waals surface area (Å²) in [6, 6.07) is 4.97. The Kier molecular flexibility index (Phi) is 2.49. The van der Waals surface area contributed by atoms with Crippen LogP contribution in [-0.4, -0.2) is 4.98 Å². The fourth-order valence-electron chi connectivity index (χ4n) is 1.60. The fraction of sp³-hybridized carbons (Fsp3) is 0.182. The van der Waals surface area contributed by atoms with Crippen LogP contribution < -0.4 is 5.73 Å². The maximum absolute atomic E-state index is 12.8. The zero-order valence-electron chi connectivity index (χ0n) is 8.00. The lowest BCUT2D eigenvalue weighted by molar-refractivity contribution is 0.456. The van der Waals surface area contributed by atoms with Gasteiger partial charge >= 0.3 is 0 Å². The van der Waals surface area contributed by atoms with E-state index in [1.54, 1.807) is 18.2 Å². The summed E-state index contributed by atoms with van der Waals surface area (Å²) in [5.74, 6) is 0. The number of hydrogen-bond donors (Lipinski definition) is 1. The van der Waals surface area contributed by atoms with Gasteiger partial charge < -0.3 is 5.73 Å². The summed E-state index contributed by atoms with van der Waals surface area (Å²) < 4.78 is 25.3. The van der Waals surface area contributed by atoms with E-state index in [0.29, 0.717) is 22.3 Å². The van der Waals surface area contributed by atoms with Crippen LogP contribution in [0.15, 0.2) is 24.4 Å². The van der Waals surface area contributed by atoms with Crippen molar-refractivity contribution in [1.82, 2.24) is 4.98 Å². The number of benzene rings is 1. The molecule has 0 aliphatic rings. The highest BCUT2D eigenvalue weighted by Crippen LogP contribution is 2.23. The van der Waals surface area contributed by atoms with E-state index in [4.69, 9.17) is 5.73 Å². The van der Waals surface area contributed by atoms with Crippen LogP contribution in [0, 0.1) is 0 Å². The van der Waals surface area contributed by atoms with Crippen LogP contribution in [0.5, 0.6) is 0 Å². The molecule has 2 aromatic rings. The summed E-state index contributed by atoms with van der Waals surface area (Å²) in [6.07, 6.45) is 1.45. The van der Waals surface area contributed by atoms with E-state index in [1.807, 2.05) is 0 Å². The molecule has 2 nitrogen and oxygen atoms in total. The zero-order valence-corrected chi connectivity index (χ0v) is 8.00. The molecule has 0 bridgehead atoms. The van der Waals surface area contributed by atoms with Gasteiger partial charge in [0.2, 0.25) is 0 Å². The van der Waals surface area contributed by atoms with Gasteiger partial charge in [0.25, 0.3) is 0 Å². The van der Waals surface area contributed by atoms with E-state index in [-0.39, 0.29) is 0 Å². The molecule has 15 heavy (non-hydrogen) atoms. The van der Waals surface area contributed by atoms with Crippen molar-refractivity contribution < 1.29 is 8.78 Å². The average Bonchev–Trinajstić information content (AvgIpc) is 2.27. The van der Waals surface area contributed by atoms with Crippen molar-refractivity contribution in [3.8, 4) is 0 Å². The van der Waals surface area contributed by atoms with Gasteiger partial charge in [-0.25, -0.2) is 8.78 Å². The van der Waals surface area contributed by atoms with E-state index in [9.17, 15) is 8.78 Å². The normalized spacial score (nSPS) is 10.8. The molecule has 1 aromatic carbocycles. The Morgan fingerprint density at radius 1 is 1.20 bits per heavy atom. The summed E-state index contributed by atoms with van der Waals surface area (Å²) in [5, 5.41) is 0.736. The molecule has 0 radical (unpaired) electrons. The summed E-state index contributed by atoms with van der Waals surface area (Å²) in [6.45, 7) is -1.39. The number of nitrogens with two attached hydrogens (primary N) is 1. The van der Waals surface area contributed by atoms with Crippen LogP contribution in [0.25, 0.3) is 10.9 Å². The average molecular weight is 208 g/mol. The van der Waals surface area contributed by atoms with Gasteiger partial charge in [0.05, 0.1) is 17.4 Å². The number of hydrogen-bond acceptors (Lipinski definition) is 2. The Bertz CT molecular complexity index is 497. The highest BCUT2D eigenvalue weighted by molar-refractivity contribution is 5.85. The van der Waals surface area contributed by atoms with Gasteiger partial charge in [0.1, 0.15) is 13.3 Å². The number of pyridine rings is 1. The maximum atomic E-state index is 12.8. The monoisotopic (exact) mass is 208 g/mol. The lowest BCUT2D eigenvalue weighted by Gasteiger charge is -2.07. The number of anilines is 1. The highest BCUT2D eigenvalue weighted by Gasteiger charge is 2.08. The molecule has 4 heteroatoms. The molecule has 0 fully saturated rings. The van der Waals surface area contributed by atoms with Crippen molar-refractivity contribution in [2.75, 3.05) is 5.73 Å². The number of nitrogen functional groups attached to an aromatic ring is 1. The summed E-state index contributed by atoms with van der Waals surface area (Å²) in [4.78, 5) is 4.03. The van der Waals surface area contributed by atoms with Gasteiger partial charge in [-0.3, -0.25) is 4.98 Å². The molecular formula is C11H10F2N2. The summed E-state index contributed by atoms with van der Waals surface area (Å²) in [7, 11) is 0. The number of rotatable bonds is 2. The quantitative estimate of drug-likeness (QED) is 0.824. The molecule has 0 unspecified atom stereocenters. The first kappa shape index (κ1) is 9.83. The second-order valence-corrected chi connectivity index (χ2v) is 3.31. The topological polar surface area (TPSA) is 38.9 Å². The molecule has 0 spiro atoms. The first-order valence-corrected chi connectivity index (χ1v) is 4.54. The number of alkyl halides is 2. The number of nitrogens with zero attached hydrogens (tertiary/aromatic N) is 1. The van der Waals surface area contributed by atoms with Gasteiger partial charge in [0.15, 0.2) is 0 Å². The van der Waals surface area contributed by atoms with E-state index in [0.717, 1.165) is 5.39 Å². The van der Waals surface area contributed by atoms with Crippen LogP contribution in [0.3, 0.4) is 0 Å². The van der Waals surface area contributed by atoms with E-state index in [1.165, 1.54) is 6.20 Å². The van der Waals surface area contributed by atoms with Crippen molar-refractivity contribution in [3.63, 3.8) is 0 Å². The predicted molar refractivity (Wildman–Crippen MR) is 55.8 cm³/mol. The first-order valence-electron chi connectivity index (χ1n) is 4.54. The van der Waals surface area contributed by atoms with Gasteiger partial charge in [0, 0.05) is 10.9 Å². The van der Waals surface area contributed by atoms with Gasteiger partial charge in [-0.05, 0) is 11.6 Å². The molecule has 0 saturated carbocycles. The Balaban J connectivity index is 2.76. The molecule has 1 aromatic heterocycles. The molecule has 2 rings (SSSR count). The van der Waals surface area contributed by atoms with Crippen molar-refractivity contribution in [2.24, 2.45) is 0 Å². The van der Waals surface area contributed by atoms with E-state index >= 15 is 0 Å². The molecule has 1 heterocycles. The van der Waals surface area contributed by atoms with Crippen LogP contribution in [0.1, 0.15) is 11.1 Å². The standard InChI is InChI=1S/C11H10F2N2/c12-4-8-2-1-7-3-9(14)6-15-11(7)10(8)5-13/h1-3,6H,4-5,14H2. The molecular weight excluding hydrogens is 198 g/mol. The Labute approximate surface area is 85.7 Å². The van der Waals surface area contributed by atoms with E-state index in [2.05, 4.69) is 4.98 Å². The largest absolute Gasteiger partial charge is 0.397 e. The lowest BCUT2D eigenvalue weighted by Crippen LogP contribution is -1.95. The van der Waals surface area contributed by atoms with Crippen molar-refractivity contribution in [2.45, 2.75) is 13.3 Å². The lowest BCUT2D eigenvalue weighted by atomic mass is 10.0.